The van der Waals surface area contributed by atoms with E-state index in [0.29, 0.717) is 50.2 Å². The predicted octanol–water partition coefficient (Wildman–Crippen LogP) is 4.03. The minimum Gasteiger partial charge on any atom is -0.496 e. The molecule has 4 aromatic rings. The highest BCUT2D eigenvalue weighted by atomic mass is 19.1. The Bertz CT molecular complexity index is 2940. The minimum absolute atomic E-state index is 0.0149. The van der Waals surface area contributed by atoms with Crippen molar-refractivity contribution in [1.82, 2.24) is 20.1 Å². The van der Waals surface area contributed by atoms with E-state index >= 15 is 4.79 Å². The van der Waals surface area contributed by atoms with E-state index in [1.165, 1.54) is 43.9 Å². The molecular weight excluding hydrogens is 958 g/mol. The number of rotatable bonds is 12. The maximum atomic E-state index is 15.3. The number of carboxylic acid groups (broad SMARTS) is 2. The van der Waals surface area contributed by atoms with E-state index in [9.17, 15) is 28.7 Å². The lowest BCUT2D eigenvalue weighted by Crippen LogP contribution is -2.81. The van der Waals surface area contributed by atoms with Crippen molar-refractivity contribution in [2.75, 3.05) is 58.9 Å². The van der Waals surface area contributed by atoms with Crippen LogP contribution in [0.15, 0.2) is 84.5 Å². The van der Waals surface area contributed by atoms with Gasteiger partial charge in [0, 0.05) is 96.5 Å². The highest BCUT2D eigenvalue weighted by molar-refractivity contribution is 5.95. The minimum atomic E-state index is -2.27. The maximum absolute atomic E-state index is 15.3. The Kier molecular flexibility index (Phi) is 13.8. The molecule has 394 valence electrons. The van der Waals surface area contributed by atoms with E-state index in [0.717, 1.165) is 52.9 Å². The number of esters is 2. The molecule has 7 N–H and O–H groups in total. The normalized spacial score (nSPS) is 30.1. The van der Waals surface area contributed by atoms with Crippen LogP contribution in [0.5, 0.6) is 5.75 Å². The molecule has 18 nitrogen and oxygen atoms in total. The number of methoxy groups -OCH3 is 2. The lowest BCUT2D eigenvalue weighted by Gasteiger charge is -2.64. The SMILES string of the molecule is CCC1=C[C@@H]2CN(C1)Cc1c([nH]c3ccccc13)[C@@](C(=O)OC)(c1cc3c(cc1OC)N(C)[C@H]1[C@@](O)(CNC(=O)c4ccc(F)cc4)[C@H](OC(C)=O)[C@]4(CC)C=CCN5CC[C@]31[C@@H]54)C2.O=C(O)C(O)C(O)C(=O)O. The first kappa shape index (κ1) is 52.2. The number of halogens is 1. The number of para-hydroxylation sites is 1. The molecule has 10 rings (SSSR count). The molecule has 2 fully saturated rings. The van der Waals surface area contributed by atoms with Crippen LogP contribution < -0.4 is 15.0 Å². The lowest BCUT2D eigenvalue weighted by molar-refractivity contribution is -0.216. The number of carbonyl (C=O) groups is 5. The summed E-state index contributed by atoms with van der Waals surface area (Å²) in [5.41, 5.74) is 1.88. The quantitative estimate of drug-likeness (QED) is 0.0782. The number of aliphatic hydroxyl groups is 3. The standard InChI is InChI=1S/C51H58FN5O7.C4H6O6/c1-7-31-22-32-25-50(47(60)63-6,42-36(28-56(26-31)27-32)35-12-9-10-13-39(35)54-42)38-23-37-40(24-41(38)62-5)55(4)45-49(37)19-21-57-20-11-18-48(8-2,44(49)57)46(64-30(3)58)51(45,61)29-53-43(59)33-14-16-34(52)17-15-33;5-1(3(7)8)2(6)4(9)10/h9-18,22-24,32,44-46,54,61H,7-8,19-21,25-29H2,1-6H3,(H,53,59);1-2,5-6H,(H,7,8)(H,9,10)/t32-,44-,45+,46+,48+,49+,50-,51-;/m0./s1. The van der Waals surface area contributed by atoms with Gasteiger partial charge in [-0.15, -0.1) is 0 Å². The van der Waals surface area contributed by atoms with E-state index in [1.807, 2.05) is 25.2 Å². The Hall–Kier alpha value is -6.64. The molecule has 5 aliphatic heterocycles. The van der Waals surface area contributed by atoms with Crippen LogP contribution in [0.1, 0.15) is 79.2 Å². The summed E-state index contributed by atoms with van der Waals surface area (Å²) < 4.78 is 32.7. The van der Waals surface area contributed by atoms with Crippen LogP contribution >= 0.6 is 0 Å². The number of amides is 1. The number of carboxylic acids is 2. The molecule has 3 unspecified atom stereocenters. The summed E-state index contributed by atoms with van der Waals surface area (Å²) >= 11 is 0. The second-order valence-corrected chi connectivity index (χ2v) is 20.6. The van der Waals surface area contributed by atoms with Crippen LogP contribution in [0.3, 0.4) is 0 Å². The monoisotopic (exact) mass is 1020 g/mol. The number of aromatic nitrogens is 1. The molecule has 19 heteroatoms. The summed E-state index contributed by atoms with van der Waals surface area (Å²) in [5, 5.41) is 50.4. The smallest absolute Gasteiger partial charge is 0.335 e. The van der Waals surface area contributed by atoms with Crippen molar-refractivity contribution in [3.63, 3.8) is 0 Å². The Morgan fingerprint density at radius 2 is 1.65 bits per heavy atom. The summed E-state index contributed by atoms with van der Waals surface area (Å²) in [6.07, 6.45) is 3.47. The lowest BCUT2D eigenvalue weighted by atomic mass is 9.47. The van der Waals surface area contributed by atoms with Crippen molar-refractivity contribution < 1.29 is 68.1 Å². The summed E-state index contributed by atoms with van der Waals surface area (Å²) in [7, 11) is 5.04. The molecular formula is C55H64FN5O13. The van der Waals surface area contributed by atoms with Crippen molar-refractivity contribution >= 4 is 46.4 Å². The third-order valence-corrected chi connectivity index (χ3v) is 16.8. The van der Waals surface area contributed by atoms with Gasteiger partial charge in [-0.3, -0.25) is 24.2 Å². The van der Waals surface area contributed by atoms with Crippen molar-refractivity contribution in [3.05, 3.63) is 118 Å². The molecule has 1 amide bonds. The van der Waals surface area contributed by atoms with Gasteiger partial charge in [-0.2, -0.15) is 0 Å². The Balaban J connectivity index is 0.000000610. The van der Waals surface area contributed by atoms with Gasteiger partial charge in [-0.25, -0.2) is 14.0 Å². The van der Waals surface area contributed by atoms with Crippen molar-refractivity contribution in [2.45, 2.75) is 99.8 Å². The number of ether oxygens (including phenoxy) is 3. The molecule has 1 saturated heterocycles. The van der Waals surface area contributed by atoms with Crippen molar-refractivity contribution in [1.29, 1.82) is 0 Å². The number of carbonyl (C=O) groups excluding carboxylic acids is 3. The number of aliphatic hydroxyl groups excluding tert-OH is 2. The van der Waals surface area contributed by atoms with Crippen LogP contribution in [-0.4, -0.2) is 160 Å². The van der Waals surface area contributed by atoms with E-state index in [-0.39, 0.29) is 30.0 Å². The van der Waals surface area contributed by atoms with Gasteiger partial charge < -0.3 is 54.9 Å². The number of nitrogens with zero attached hydrogens (tertiary/aromatic N) is 3. The fourth-order valence-corrected chi connectivity index (χ4v) is 14.0. The van der Waals surface area contributed by atoms with Gasteiger partial charge in [0.2, 0.25) is 0 Å². The summed E-state index contributed by atoms with van der Waals surface area (Å²) in [5.74, 6) is -4.91. The molecule has 1 saturated carbocycles. The molecule has 1 aliphatic carbocycles. The molecule has 6 aliphatic rings. The first-order valence-corrected chi connectivity index (χ1v) is 25.0. The summed E-state index contributed by atoms with van der Waals surface area (Å²) in [6, 6.07) is 16.7. The first-order valence-electron chi connectivity index (χ1n) is 25.0. The topological polar surface area (TPSA) is 252 Å². The third-order valence-electron chi connectivity index (χ3n) is 16.8. The number of hydrogen-bond acceptors (Lipinski definition) is 14. The Morgan fingerprint density at radius 3 is 2.28 bits per heavy atom. The summed E-state index contributed by atoms with van der Waals surface area (Å²) in [4.78, 5) is 72.8. The van der Waals surface area contributed by atoms with Crippen molar-refractivity contribution in [2.24, 2.45) is 11.3 Å². The fraction of sp³-hybridized carbons (Fsp3) is 0.473. The van der Waals surface area contributed by atoms with E-state index in [4.69, 9.17) is 34.6 Å². The number of aliphatic carboxylic acids is 2. The van der Waals surface area contributed by atoms with Gasteiger partial charge >= 0.3 is 23.9 Å². The van der Waals surface area contributed by atoms with Gasteiger partial charge in [-0.05, 0) is 85.7 Å². The number of fused-ring (bicyclic) bond motifs is 6. The number of likely N-dealkylation sites (N-methyl/N-ethyl adjacent to an activating group) is 1. The molecule has 0 radical (unpaired) electrons. The van der Waals surface area contributed by atoms with Crippen molar-refractivity contribution in [3.8, 4) is 5.75 Å². The average molecular weight is 1020 g/mol. The third kappa shape index (κ3) is 8.05. The zero-order valence-electron chi connectivity index (χ0n) is 42.3. The van der Waals surface area contributed by atoms with E-state index < -0.39 is 75.8 Å². The van der Waals surface area contributed by atoms with Gasteiger partial charge in [0.15, 0.2) is 12.2 Å². The second-order valence-electron chi connectivity index (χ2n) is 20.6. The summed E-state index contributed by atoms with van der Waals surface area (Å²) in [6.45, 7) is 8.99. The molecule has 2 bridgehead atoms. The number of H-pyrrole nitrogens is 1. The molecule has 74 heavy (non-hydrogen) atoms. The van der Waals surface area contributed by atoms with E-state index in [2.05, 4.69) is 75.3 Å². The Morgan fingerprint density at radius 1 is 0.946 bits per heavy atom. The van der Waals surface area contributed by atoms with Gasteiger partial charge in [-0.1, -0.05) is 55.8 Å². The molecule has 1 spiro atoms. The number of nitrogens with one attached hydrogen (secondary N) is 2. The molecule has 6 heterocycles. The number of benzene rings is 3. The highest BCUT2D eigenvalue weighted by Gasteiger charge is 2.78. The number of hydrogen-bond donors (Lipinski definition) is 7. The molecule has 11 atom stereocenters. The zero-order chi connectivity index (χ0) is 53.2. The largest absolute Gasteiger partial charge is 0.496 e. The van der Waals surface area contributed by atoms with Crippen LogP contribution in [-0.2, 0) is 46.0 Å². The first-order chi connectivity index (χ1) is 35.3. The van der Waals surface area contributed by atoms with Gasteiger partial charge in [0.1, 0.15) is 28.7 Å². The Labute approximate surface area is 427 Å². The van der Waals surface area contributed by atoms with Crippen LogP contribution in [0, 0.1) is 17.2 Å². The molecule has 3 aromatic carbocycles. The average Bonchev–Trinajstić information content (AvgIpc) is 4.04. The van der Waals surface area contributed by atoms with Crippen LogP contribution in [0.2, 0.25) is 0 Å². The number of anilines is 1. The maximum Gasteiger partial charge on any atom is 0.335 e. The zero-order valence-corrected chi connectivity index (χ0v) is 42.3. The van der Waals surface area contributed by atoms with Gasteiger partial charge in [0.25, 0.3) is 5.91 Å². The van der Waals surface area contributed by atoms with E-state index in [1.54, 1.807) is 7.11 Å². The number of aromatic amines is 1. The fourth-order valence-electron chi connectivity index (χ4n) is 14.0. The predicted molar refractivity (Wildman–Crippen MR) is 268 cm³/mol. The highest BCUT2D eigenvalue weighted by Crippen LogP contribution is 2.68. The molecule has 1 aromatic heterocycles. The second kappa shape index (κ2) is 19.6. The van der Waals surface area contributed by atoms with Gasteiger partial charge in [0.05, 0.1) is 26.8 Å². The van der Waals surface area contributed by atoms with Crippen LogP contribution in [0.4, 0.5) is 10.1 Å². The van der Waals surface area contributed by atoms with Crippen LogP contribution in [0.25, 0.3) is 10.9 Å².